The summed E-state index contributed by atoms with van der Waals surface area (Å²) in [4.78, 5) is 13.8. The van der Waals surface area contributed by atoms with Crippen LogP contribution < -0.4 is 0 Å². The number of halogens is 1. The van der Waals surface area contributed by atoms with Crippen LogP contribution in [0.4, 0.5) is 0 Å². The Morgan fingerprint density at radius 3 is 2.44 bits per heavy atom. The van der Waals surface area contributed by atoms with Crippen LogP contribution in [0.5, 0.6) is 0 Å². The lowest BCUT2D eigenvalue weighted by Crippen LogP contribution is -2.46. The lowest BCUT2D eigenvalue weighted by Gasteiger charge is -2.34. The summed E-state index contributed by atoms with van der Waals surface area (Å²) in [5, 5.41) is 0. The number of hydrogen-bond acceptors (Lipinski definition) is 1. The van der Waals surface area contributed by atoms with Gasteiger partial charge in [0.1, 0.15) is 0 Å². The Balaban J connectivity index is 2.33. The Labute approximate surface area is 104 Å². The van der Waals surface area contributed by atoms with E-state index in [1.807, 2.05) is 20.9 Å². The van der Waals surface area contributed by atoms with E-state index in [1.165, 1.54) is 25.7 Å². The minimum atomic E-state index is -0.228. The molecule has 0 bridgehead atoms. The van der Waals surface area contributed by atoms with Gasteiger partial charge in [0.05, 0.1) is 5.54 Å². The Kier molecular flexibility index (Phi) is 5.10. The molecule has 1 fully saturated rings. The normalized spacial score (nSPS) is 17.8. The molecule has 3 heteroatoms. The Morgan fingerprint density at radius 2 is 1.94 bits per heavy atom. The van der Waals surface area contributed by atoms with Gasteiger partial charge < -0.3 is 4.90 Å². The largest absolute Gasteiger partial charge is 0.339 e. The van der Waals surface area contributed by atoms with Gasteiger partial charge >= 0.3 is 0 Å². The topological polar surface area (TPSA) is 20.3 Å². The van der Waals surface area contributed by atoms with Gasteiger partial charge in [0.25, 0.3) is 0 Å². The maximum absolute atomic E-state index is 12.0. The molecular formula is C13H24ClNO. The highest BCUT2D eigenvalue weighted by Crippen LogP contribution is 2.29. The van der Waals surface area contributed by atoms with E-state index in [2.05, 4.69) is 0 Å². The van der Waals surface area contributed by atoms with Gasteiger partial charge in [0.2, 0.25) is 5.91 Å². The molecule has 94 valence electrons. The number of amides is 1. The van der Waals surface area contributed by atoms with Crippen LogP contribution in [0.3, 0.4) is 0 Å². The summed E-state index contributed by atoms with van der Waals surface area (Å²) in [6, 6.07) is 0. The molecular weight excluding hydrogens is 222 g/mol. The van der Waals surface area contributed by atoms with Crippen molar-refractivity contribution in [2.24, 2.45) is 5.92 Å². The first-order valence-corrected chi connectivity index (χ1v) is 6.83. The smallest absolute Gasteiger partial charge is 0.222 e. The maximum atomic E-state index is 12.0. The highest BCUT2D eigenvalue weighted by Gasteiger charge is 2.27. The van der Waals surface area contributed by atoms with Crippen LogP contribution >= 0.6 is 11.6 Å². The third kappa shape index (κ3) is 3.65. The molecule has 1 amide bonds. The van der Waals surface area contributed by atoms with Gasteiger partial charge in [-0.2, -0.15) is 0 Å². The number of alkyl halides is 1. The van der Waals surface area contributed by atoms with Crippen LogP contribution in [0.1, 0.15) is 52.4 Å². The van der Waals surface area contributed by atoms with Crippen molar-refractivity contribution in [2.45, 2.75) is 57.9 Å². The van der Waals surface area contributed by atoms with Crippen molar-refractivity contribution in [3.8, 4) is 0 Å². The first kappa shape index (κ1) is 13.8. The number of carbonyl (C=O) groups excluding carboxylic acids is 1. The van der Waals surface area contributed by atoms with Crippen molar-refractivity contribution in [2.75, 3.05) is 12.9 Å². The minimum Gasteiger partial charge on any atom is -0.339 e. The zero-order chi connectivity index (χ0) is 12.2. The van der Waals surface area contributed by atoms with Gasteiger partial charge in [-0.25, -0.2) is 0 Å². The predicted molar refractivity (Wildman–Crippen MR) is 68.8 cm³/mol. The predicted octanol–water partition coefficient (Wildman–Crippen LogP) is 3.43. The molecule has 0 atom stereocenters. The van der Waals surface area contributed by atoms with Crippen molar-refractivity contribution in [3.05, 3.63) is 0 Å². The van der Waals surface area contributed by atoms with Gasteiger partial charge in [0.15, 0.2) is 0 Å². The standard InChI is InChI=1S/C13H24ClNO/c1-13(2,10-14)15(3)12(16)9-8-11-6-4-5-7-11/h11H,4-10H2,1-3H3. The first-order chi connectivity index (χ1) is 7.47. The summed E-state index contributed by atoms with van der Waals surface area (Å²) >= 11 is 5.87. The van der Waals surface area contributed by atoms with Gasteiger partial charge in [-0.1, -0.05) is 25.7 Å². The molecule has 0 aromatic rings. The van der Waals surface area contributed by atoms with Gasteiger partial charge in [-0.3, -0.25) is 4.79 Å². The SMILES string of the molecule is CN(C(=O)CCC1CCCC1)C(C)(C)CCl. The maximum Gasteiger partial charge on any atom is 0.222 e. The molecule has 0 N–H and O–H groups in total. The van der Waals surface area contributed by atoms with E-state index in [0.29, 0.717) is 12.3 Å². The van der Waals surface area contributed by atoms with E-state index in [-0.39, 0.29) is 11.4 Å². The molecule has 1 rings (SSSR count). The van der Waals surface area contributed by atoms with Crippen LogP contribution in [0.2, 0.25) is 0 Å². The second-order valence-electron chi connectivity index (χ2n) is 5.59. The Morgan fingerprint density at radius 1 is 1.38 bits per heavy atom. The van der Waals surface area contributed by atoms with Gasteiger partial charge in [-0.05, 0) is 26.2 Å². The zero-order valence-electron chi connectivity index (χ0n) is 10.8. The summed E-state index contributed by atoms with van der Waals surface area (Å²) in [7, 11) is 1.86. The number of hydrogen-bond donors (Lipinski definition) is 0. The average Bonchev–Trinajstić information content (AvgIpc) is 2.77. The molecule has 0 saturated heterocycles. The number of rotatable bonds is 5. The van der Waals surface area contributed by atoms with E-state index in [9.17, 15) is 4.79 Å². The highest BCUT2D eigenvalue weighted by molar-refractivity contribution is 6.18. The molecule has 0 radical (unpaired) electrons. The lowest BCUT2D eigenvalue weighted by molar-refractivity contribution is -0.134. The third-order valence-electron chi connectivity index (χ3n) is 3.85. The fourth-order valence-corrected chi connectivity index (χ4v) is 2.40. The van der Waals surface area contributed by atoms with Crippen LogP contribution in [-0.2, 0) is 4.79 Å². The van der Waals surface area contributed by atoms with Crippen molar-refractivity contribution >= 4 is 17.5 Å². The monoisotopic (exact) mass is 245 g/mol. The average molecular weight is 246 g/mol. The number of carbonyl (C=O) groups is 1. The highest BCUT2D eigenvalue weighted by atomic mass is 35.5. The molecule has 0 heterocycles. The quantitative estimate of drug-likeness (QED) is 0.680. The van der Waals surface area contributed by atoms with Crippen molar-refractivity contribution in [1.29, 1.82) is 0 Å². The van der Waals surface area contributed by atoms with Crippen LogP contribution in [0, 0.1) is 5.92 Å². The summed E-state index contributed by atoms with van der Waals surface area (Å²) < 4.78 is 0. The molecule has 1 aliphatic rings. The fourth-order valence-electron chi connectivity index (χ4n) is 2.22. The van der Waals surface area contributed by atoms with E-state index >= 15 is 0 Å². The molecule has 1 aliphatic carbocycles. The van der Waals surface area contributed by atoms with Crippen molar-refractivity contribution < 1.29 is 4.79 Å². The van der Waals surface area contributed by atoms with E-state index in [0.717, 1.165) is 12.3 Å². The summed E-state index contributed by atoms with van der Waals surface area (Å²) in [5.41, 5.74) is -0.228. The molecule has 0 aromatic heterocycles. The summed E-state index contributed by atoms with van der Waals surface area (Å²) in [6.45, 7) is 4.01. The molecule has 1 saturated carbocycles. The van der Waals surface area contributed by atoms with E-state index in [4.69, 9.17) is 11.6 Å². The minimum absolute atomic E-state index is 0.228. The number of nitrogens with zero attached hydrogens (tertiary/aromatic N) is 1. The van der Waals surface area contributed by atoms with Crippen LogP contribution in [0.25, 0.3) is 0 Å². The van der Waals surface area contributed by atoms with Gasteiger partial charge in [0, 0.05) is 19.3 Å². The Hall–Kier alpha value is -0.240. The first-order valence-electron chi connectivity index (χ1n) is 6.30. The fraction of sp³-hybridized carbons (Fsp3) is 0.923. The molecule has 0 aliphatic heterocycles. The summed E-state index contributed by atoms with van der Waals surface area (Å²) in [5.74, 6) is 1.51. The van der Waals surface area contributed by atoms with Gasteiger partial charge in [-0.15, -0.1) is 11.6 Å². The Bertz CT molecular complexity index is 234. The molecule has 16 heavy (non-hydrogen) atoms. The van der Waals surface area contributed by atoms with Crippen LogP contribution in [-0.4, -0.2) is 29.3 Å². The molecule has 2 nitrogen and oxygen atoms in total. The van der Waals surface area contributed by atoms with Crippen molar-refractivity contribution in [1.82, 2.24) is 4.90 Å². The van der Waals surface area contributed by atoms with Crippen molar-refractivity contribution in [3.63, 3.8) is 0 Å². The molecule has 0 unspecified atom stereocenters. The third-order valence-corrected chi connectivity index (χ3v) is 4.50. The molecule has 0 spiro atoms. The van der Waals surface area contributed by atoms with E-state index in [1.54, 1.807) is 4.90 Å². The second kappa shape index (κ2) is 5.90. The second-order valence-corrected chi connectivity index (χ2v) is 5.86. The van der Waals surface area contributed by atoms with E-state index < -0.39 is 0 Å². The summed E-state index contributed by atoms with van der Waals surface area (Å²) in [6.07, 6.45) is 7.07. The lowest BCUT2D eigenvalue weighted by atomic mass is 10.00. The molecule has 0 aromatic carbocycles. The van der Waals surface area contributed by atoms with Crippen LogP contribution in [0.15, 0.2) is 0 Å². The zero-order valence-corrected chi connectivity index (χ0v) is 11.5.